The van der Waals surface area contributed by atoms with Gasteiger partial charge in [-0.3, -0.25) is 0 Å². The van der Waals surface area contributed by atoms with Crippen molar-refractivity contribution in [3.05, 3.63) is 52.0 Å². The Balaban J connectivity index is 1.96. The van der Waals surface area contributed by atoms with Crippen LogP contribution in [0.4, 0.5) is 4.39 Å². The van der Waals surface area contributed by atoms with Gasteiger partial charge < -0.3 is 9.84 Å². The Hall–Kier alpha value is -1.39. The number of benzene rings is 1. The van der Waals surface area contributed by atoms with E-state index in [-0.39, 0.29) is 11.9 Å². The Labute approximate surface area is 102 Å². The molecule has 0 bridgehead atoms. The van der Waals surface area contributed by atoms with Crippen molar-refractivity contribution in [3.8, 4) is 5.75 Å². The van der Waals surface area contributed by atoms with Gasteiger partial charge in [-0.05, 0) is 29.6 Å². The van der Waals surface area contributed by atoms with E-state index in [0.717, 1.165) is 4.88 Å². The molecular formula is C13H11FO2S. The van der Waals surface area contributed by atoms with Crippen molar-refractivity contribution in [1.29, 1.82) is 0 Å². The van der Waals surface area contributed by atoms with Crippen LogP contribution in [0.25, 0.3) is 0 Å². The molecule has 1 N–H and O–H groups in total. The highest BCUT2D eigenvalue weighted by atomic mass is 32.1. The lowest BCUT2D eigenvalue weighted by molar-refractivity contribution is 0.0670. The van der Waals surface area contributed by atoms with Gasteiger partial charge in [0.1, 0.15) is 17.7 Å². The minimum Gasteiger partial charge on any atom is -0.484 e. The zero-order valence-electron chi connectivity index (χ0n) is 8.97. The van der Waals surface area contributed by atoms with Crippen molar-refractivity contribution in [1.82, 2.24) is 0 Å². The molecule has 0 spiro atoms. The van der Waals surface area contributed by atoms with Crippen LogP contribution in [0.1, 0.15) is 29.1 Å². The molecular weight excluding hydrogens is 239 g/mol. The number of rotatable bonds is 1. The molecule has 1 unspecified atom stereocenters. The SMILES string of the molecule is O[C@H]1CC(c2cccs2)Oc2ccc(F)cc21. The molecule has 88 valence electrons. The van der Waals surface area contributed by atoms with Gasteiger partial charge in [0, 0.05) is 16.9 Å². The molecule has 2 heterocycles. The van der Waals surface area contributed by atoms with Crippen molar-refractivity contribution < 1.29 is 14.2 Å². The van der Waals surface area contributed by atoms with E-state index in [2.05, 4.69) is 0 Å². The van der Waals surface area contributed by atoms with Crippen LogP contribution in [0.5, 0.6) is 5.75 Å². The van der Waals surface area contributed by atoms with Crippen LogP contribution in [0.2, 0.25) is 0 Å². The van der Waals surface area contributed by atoms with Crippen molar-refractivity contribution in [2.24, 2.45) is 0 Å². The number of aliphatic hydroxyl groups is 1. The highest BCUT2D eigenvalue weighted by molar-refractivity contribution is 7.10. The molecule has 1 aromatic heterocycles. The first-order valence-electron chi connectivity index (χ1n) is 5.41. The van der Waals surface area contributed by atoms with E-state index in [9.17, 15) is 9.50 Å². The molecule has 1 aromatic carbocycles. The van der Waals surface area contributed by atoms with Gasteiger partial charge in [-0.15, -0.1) is 11.3 Å². The third-order valence-electron chi connectivity index (χ3n) is 2.90. The number of hydrogen-bond donors (Lipinski definition) is 1. The fourth-order valence-corrected chi connectivity index (χ4v) is 2.83. The number of fused-ring (bicyclic) bond motifs is 1. The maximum atomic E-state index is 13.1. The minimum atomic E-state index is -0.665. The maximum Gasteiger partial charge on any atom is 0.136 e. The van der Waals surface area contributed by atoms with Gasteiger partial charge in [-0.25, -0.2) is 4.39 Å². The summed E-state index contributed by atoms with van der Waals surface area (Å²) in [5, 5.41) is 12.0. The molecule has 2 nitrogen and oxygen atoms in total. The molecule has 2 aromatic rings. The first-order chi connectivity index (χ1) is 8.24. The minimum absolute atomic E-state index is 0.136. The van der Waals surface area contributed by atoms with Crippen molar-refractivity contribution in [2.45, 2.75) is 18.6 Å². The molecule has 0 saturated heterocycles. The Kier molecular flexibility index (Phi) is 2.61. The second-order valence-corrected chi connectivity index (χ2v) is 5.03. The molecule has 0 aliphatic carbocycles. The van der Waals surface area contributed by atoms with Crippen molar-refractivity contribution in [3.63, 3.8) is 0 Å². The summed E-state index contributed by atoms with van der Waals surface area (Å²) in [6, 6.07) is 8.20. The normalized spacial score (nSPS) is 22.9. The van der Waals surface area contributed by atoms with Crippen LogP contribution in [0.3, 0.4) is 0 Å². The Morgan fingerprint density at radius 3 is 3.00 bits per heavy atom. The fraction of sp³-hybridized carbons (Fsp3) is 0.231. The molecule has 4 heteroatoms. The van der Waals surface area contributed by atoms with E-state index < -0.39 is 6.10 Å². The van der Waals surface area contributed by atoms with Gasteiger partial charge in [-0.2, -0.15) is 0 Å². The molecule has 3 rings (SSSR count). The Morgan fingerprint density at radius 1 is 1.35 bits per heavy atom. The second kappa shape index (κ2) is 4.13. The molecule has 1 aliphatic heterocycles. The van der Waals surface area contributed by atoms with Gasteiger partial charge in [0.25, 0.3) is 0 Å². The van der Waals surface area contributed by atoms with Crippen LogP contribution >= 0.6 is 11.3 Å². The largest absolute Gasteiger partial charge is 0.484 e. The van der Waals surface area contributed by atoms with E-state index in [0.29, 0.717) is 17.7 Å². The summed E-state index contributed by atoms with van der Waals surface area (Å²) in [5.41, 5.74) is 0.540. The lowest BCUT2D eigenvalue weighted by atomic mass is 9.98. The smallest absolute Gasteiger partial charge is 0.136 e. The number of ether oxygens (including phenoxy) is 1. The standard InChI is InChI=1S/C13H11FO2S/c14-8-3-4-11-9(6-8)10(15)7-12(16-11)13-2-1-5-17-13/h1-6,10,12,15H,7H2/t10-,12?/m0/s1. The summed E-state index contributed by atoms with van der Waals surface area (Å²) in [4.78, 5) is 1.08. The lowest BCUT2D eigenvalue weighted by Crippen LogP contribution is -2.18. The number of thiophene rings is 1. The maximum absolute atomic E-state index is 13.1. The van der Waals surface area contributed by atoms with Crippen LogP contribution in [0, 0.1) is 5.82 Å². The summed E-state index contributed by atoms with van der Waals surface area (Å²) in [7, 11) is 0. The third-order valence-corrected chi connectivity index (χ3v) is 3.86. The Morgan fingerprint density at radius 2 is 2.24 bits per heavy atom. The second-order valence-electron chi connectivity index (χ2n) is 4.06. The van der Waals surface area contributed by atoms with Gasteiger partial charge >= 0.3 is 0 Å². The number of aliphatic hydroxyl groups excluding tert-OH is 1. The number of halogens is 1. The molecule has 0 saturated carbocycles. The monoisotopic (exact) mass is 250 g/mol. The first kappa shape index (κ1) is 10.7. The van der Waals surface area contributed by atoms with Crippen LogP contribution in [-0.2, 0) is 0 Å². The summed E-state index contributed by atoms with van der Waals surface area (Å²) in [6.45, 7) is 0. The van der Waals surface area contributed by atoms with E-state index in [4.69, 9.17) is 4.74 Å². The molecule has 2 atom stereocenters. The predicted molar refractivity (Wildman–Crippen MR) is 63.7 cm³/mol. The van der Waals surface area contributed by atoms with Crippen LogP contribution in [-0.4, -0.2) is 5.11 Å². The van der Waals surface area contributed by atoms with Crippen molar-refractivity contribution >= 4 is 11.3 Å². The first-order valence-corrected chi connectivity index (χ1v) is 6.29. The van der Waals surface area contributed by atoms with Gasteiger partial charge in [0.05, 0.1) is 6.10 Å². The lowest BCUT2D eigenvalue weighted by Gasteiger charge is -2.29. The molecule has 1 aliphatic rings. The zero-order chi connectivity index (χ0) is 11.8. The van der Waals surface area contributed by atoms with E-state index in [1.165, 1.54) is 12.1 Å². The van der Waals surface area contributed by atoms with E-state index >= 15 is 0 Å². The average Bonchev–Trinajstić information content (AvgIpc) is 2.83. The third kappa shape index (κ3) is 1.94. The van der Waals surface area contributed by atoms with E-state index in [1.54, 1.807) is 17.4 Å². The highest BCUT2D eigenvalue weighted by Crippen LogP contribution is 2.41. The molecule has 0 amide bonds. The van der Waals surface area contributed by atoms with Gasteiger partial charge in [0.15, 0.2) is 0 Å². The van der Waals surface area contributed by atoms with Crippen molar-refractivity contribution in [2.75, 3.05) is 0 Å². The summed E-state index contributed by atoms with van der Waals surface area (Å²) >= 11 is 1.60. The highest BCUT2D eigenvalue weighted by Gasteiger charge is 2.28. The topological polar surface area (TPSA) is 29.5 Å². The summed E-state index contributed by atoms with van der Waals surface area (Å²) in [6.07, 6.45) is -0.332. The van der Waals surface area contributed by atoms with Crippen LogP contribution < -0.4 is 4.74 Å². The number of hydrogen-bond acceptors (Lipinski definition) is 3. The van der Waals surface area contributed by atoms with Gasteiger partial charge in [0.2, 0.25) is 0 Å². The quantitative estimate of drug-likeness (QED) is 0.840. The fourth-order valence-electron chi connectivity index (χ4n) is 2.07. The van der Waals surface area contributed by atoms with E-state index in [1.807, 2.05) is 17.5 Å². The summed E-state index contributed by atoms with van der Waals surface area (Å²) < 4.78 is 18.9. The molecule has 0 fully saturated rings. The van der Waals surface area contributed by atoms with Gasteiger partial charge in [-0.1, -0.05) is 6.07 Å². The molecule has 17 heavy (non-hydrogen) atoms. The zero-order valence-corrected chi connectivity index (χ0v) is 9.78. The Bertz CT molecular complexity index is 524. The summed E-state index contributed by atoms with van der Waals surface area (Å²) in [5.74, 6) is 0.226. The van der Waals surface area contributed by atoms with Crippen LogP contribution in [0.15, 0.2) is 35.7 Å². The predicted octanol–water partition coefficient (Wildman–Crippen LogP) is 3.44. The molecule has 0 radical (unpaired) electrons. The average molecular weight is 250 g/mol.